The largest absolute Gasteiger partial charge is 0.504 e. The molecule has 0 atom stereocenters. The third kappa shape index (κ3) is 2.98. The van der Waals surface area contributed by atoms with E-state index in [9.17, 15) is 15.3 Å². The fraction of sp³-hybridized carbons (Fsp3) is 0.500. The topological polar surface area (TPSA) is 72.7 Å². The van der Waals surface area contributed by atoms with Gasteiger partial charge in [-0.3, -0.25) is 0 Å². The molecule has 2 rings (SSSR count). The molecule has 1 aromatic rings. The van der Waals surface area contributed by atoms with Gasteiger partial charge in [0.25, 0.3) is 0 Å². The van der Waals surface area contributed by atoms with Gasteiger partial charge in [0.2, 0.25) is 5.75 Å². The quantitative estimate of drug-likeness (QED) is 0.620. The number of phenols is 3. The van der Waals surface area contributed by atoms with Gasteiger partial charge in [-0.15, -0.1) is 0 Å². The highest BCUT2D eigenvalue weighted by Gasteiger charge is 2.15. The van der Waals surface area contributed by atoms with E-state index in [4.69, 9.17) is 0 Å². The third-order valence-corrected chi connectivity index (χ3v) is 4.06. The predicted octanol–water partition coefficient (Wildman–Crippen LogP) is 1.79. The summed E-state index contributed by atoms with van der Waals surface area (Å²) < 4.78 is 0. The van der Waals surface area contributed by atoms with Crippen molar-refractivity contribution in [3.8, 4) is 17.2 Å². The summed E-state index contributed by atoms with van der Waals surface area (Å²) in [6, 6.07) is 3.49. The van der Waals surface area contributed by atoms with Crippen molar-refractivity contribution in [1.29, 1.82) is 0 Å². The molecule has 94 valence electrons. The molecule has 5 heteroatoms. The van der Waals surface area contributed by atoms with Gasteiger partial charge in [0.15, 0.2) is 11.5 Å². The first-order valence-corrected chi connectivity index (χ1v) is 6.88. The van der Waals surface area contributed by atoms with Gasteiger partial charge in [-0.05, 0) is 30.4 Å². The molecule has 1 fully saturated rings. The number of thioether (sulfide) groups is 1. The molecule has 1 aliphatic rings. The van der Waals surface area contributed by atoms with Crippen molar-refractivity contribution in [2.75, 3.05) is 11.5 Å². The van der Waals surface area contributed by atoms with Gasteiger partial charge >= 0.3 is 0 Å². The molecule has 1 aliphatic heterocycles. The van der Waals surface area contributed by atoms with Crippen molar-refractivity contribution in [2.45, 2.75) is 25.4 Å². The lowest BCUT2D eigenvalue weighted by molar-refractivity contribution is 0.362. The predicted molar refractivity (Wildman–Crippen MR) is 68.6 cm³/mol. The molecule has 1 heterocycles. The molecule has 0 spiro atoms. The summed E-state index contributed by atoms with van der Waals surface area (Å²) in [6.07, 6.45) is 2.27. The lowest BCUT2D eigenvalue weighted by atomic mass is 10.1. The fourth-order valence-electron chi connectivity index (χ4n) is 1.91. The molecule has 1 saturated heterocycles. The van der Waals surface area contributed by atoms with E-state index in [1.54, 1.807) is 6.07 Å². The summed E-state index contributed by atoms with van der Waals surface area (Å²) in [7, 11) is 0. The molecule has 0 bridgehead atoms. The smallest absolute Gasteiger partial charge is 0.200 e. The van der Waals surface area contributed by atoms with Crippen LogP contribution in [0.5, 0.6) is 17.2 Å². The second-order valence-electron chi connectivity index (χ2n) is 4.21. The minimum atomic E-state index is -0.441. The number of aromatic hydroxyl groups is 3. The molecule has 4 nitrogen and oxygen atoms in total. The maximum Gasteiger partial charge on any atom is 0.200 e. The van der Waals surface area contributed by atoms with E-state index in [1.165, 1.54) is 17.6 Å². The van der Waals surface area contributed by atoms with Crippen LogP contribution in [0.3, 0.4) is 0 Å². The SMILES string of the molecule is Oc1ccc(CNC2CCSCC2)c(O)c1O. The summed E-state index contributed by atoms with van der Waals surface area (Å²) in [5.74, 6) is 1.38. The highest BCUT2D eigenvalue weighted by molar-refractivity contribution is 7.99. The molecule has 0 amide bonds. The monoisotopic (exact) mass is 255 g/mol. The second-order valence-corrected chi connectivity index (χ2v) is 5.43. The number of phenolic OH excluding ortho intramolecular Hbond substituents is 3. The Balaban J connectivity index is 1.96. The van der Waals surface area contributed by atoms with E-state index in [2.05, 4.69) is 5.32 Å². The van der Waals surface area contributed by atoms with Crippen molar-refractivity contribution in [3.05, 3.63) is 17.7 Å². The Morgan fingerprint density at radius 1 is 1.12 bits per heavy atom. The van der Waals surface area contributed by atoms with E-state index >= 15 is 0 Å². The van der Waals surface area contributed by atoms with E-state index in [-0.39, 0.29) is 11.5 Å². The van der Waals surface area contributed by atoms with Crippen molar-refractivity contribution in [3.63, 3.8) is 0 Å². The highest BCUT2D eigenvalue weighted by atomic mass is 32.2. The van der Waals surface area contributed by atoms with Crippen molar-refractivity contribution >= 4 is 11.8 Å². The van der Waals surface area contributed by atoms with Crippen LogP contribution in [0.25, 0.3) is 0 Å². The number of hydrogen-bond donors (Lipinski definition) is 4. The number of hydrogen-bond acceptors (Lipinski definition) is 5. The van der Waals surface area contributed by atoms with Crippen molar-refractivity contribution in [1.82, 2.24) is 5.32 Å². The Morgan fingerprint density at radius 3 is 2.53 bits per heavy atom. The first-order chi connectivity index (χ1) is 8.18. The lowest BCUT2D eigenvalue weighted by Gasteiger charge is -2.22. The van der Waals surface area contributed by atoms with Crippen LogP contribution in [0, 0.1) is 0 Å². The zero-order valence-electron chi connectivity index (χ0n) is 9.52. The zero-order chi connectivity index (χ0) is 12.3. The van der Waals surface area contributed by atoms with Crippen molar-refractivity contribution < 1.29 is 15.3 Å². The minimum Gasteiger partial charge on any atom is -0.504 e. The molecule has 0 aromatic heterocycles. The van der Waals surface area contributed by atoms with E-state index in [1.807, 2.05) is 11.8 Å². The normalized spacial score (nSPS) is 17.2. The molecule has 17 heavy (non-hydrogen) atoms. The second kappa shape index (κ2) is 5.51. The van der Waals surface area contributed by atoms with Gasteiger partial charge < -0.3 is 20.6 Å². The van der Waals surface area contributed by atoms with Crippen LogP contribution in [-0.4, -0.2) is 32.9 Å². The van der Waals surface area contributed by atoms with Gasteiger partial charge in [0.1, 0.15) is 0 Å². The van der Waals surface area contributed by atoms with Gasteiger partial charge in [0, 0.05) is 18.2 Å². The maximum absolute atomic E-state index is 9.65. The fourth-order valence-corrected chi connectivity index (χ4v) is 3.02. The van der Waals surface area contributed by atoms with Crippen LogP contribution in [0.4, 0.5) is 0 Å². The zero-order valence-corrected chi connectivity index (χ0v) is 10.3. The number of benzene rings is 1. The molecule has 0 unspecified atom stereocenters. The molecule has 4 N–H and O–H groups in total. The standard InChI is InChI=1S/C12H17NO3S/c14-10-2-1-8(11(15)12(10)16)7-13-9-3-5-17-6-4-9/h1-2,9,13-16H,3-7H2. The average molecular weight is 255 g/mol. The molecule has 0 aliphatic carbocycles. The third-order valence-electron chi connectivity index (χ3n) is 3.02. The summed E-state index contributed by atoms with van der Waals surface area (Å²) in [6.45, 7) is 0.509. The lowest BCUT2D eigenvalue weighted by Crippen LogP contribution is -2.32. The van der Waals surface area contributed by atoms with E-state index < -0.39 is 5.75 Å². The van der Waals surface area contributed by atoms with Gasteiger partial charge in [0.05, 0.1) is 0 Å². The molecule has 0 saturated carbocycles. The molecule has 1 aromatic carbocycles. The highest BCUT2D eigenvalue weighted by Crippen LogP contribution is 2.37. The Bertz CT molecular complexity index is 392. The van der Waals surface area contributed by atoms with Gasteiger partial charge in [-0.1, -0.05) is 6.07 Å². The van der Waals surface area contributed by atoms with E-state index in [0.717, 1.165) is 12.8 Å². The number of nitrogens with one attached hydrogen (secondary N) is 1. The van der Waals surface area contributed by atoms with Crippen LogP contribution in [0.1, 0.15) is 18.4 Å². The Labute approximate surface area is 105 Å². The minimum absolute atomic E-state index is 0.234. The maximum atomic E-state index is 9.65. The first-order valence-electron chi connectivity index (χ1n) is 5.72. The number of rotatable bonds is 3. The molecular formula is C12H17NO3S. The van der Waals surface area contributed by atoms with Crippen LogP contribution < -0.4 is 5.32 Å². The van der Waals surface area contributed by atoms with Crippen LogP contribution in [0.15, 0.2) is 12.1 Å². The first kappa shape index (κ1) is 12.4. The van der Waals surface area contributed by atoms with Gasteiger partial charge in [-0.2, -0.15) is 11.8 Å². The Kier molecular flexibility index (Phi) is 4.02. The van der Waals surface area contributed by atoms with Crippen LogP contribution in [0.2, 0.25) is 0 Å². The summed E-state index contributed by atoms with van der Waals surface area (Å²) in [4.78, 5) is 0. The van der Waals surface area contributed by atoms with Crippen molar-refractivity contribution in [2.24, 2.45) is 0 Å². The van der Waals surface area contributed by atoms with Crippen LogP contribution >= 0.6 is 11.8 Å². The molecule has 0 radical (unpaired) electrons. The Morgan fingerprint density at radius 2 is 1.82 bits per heavy atom. The average Bonchev–Trinajstić information content (AvgIpc) is 2.36. The Hall–Kier alpha value is -1.07. The summed E-state index contributed by atoms with van der Waals surface area (Å²) >= 11 is 1.97. The summed E-state index contributed by atoms with van der Waals surface area (Å²) in [5, 5.41) is 31.6. The molecular weight excluding hydrogens is 238 g/mol. The van der Waals surface area contributed by atoms with E-state index in [0.29, 0.717) is 18.2 Å². The van der Waals surface area contributed by atoms with Crippen LogP contribution in [-0.2, 0) is 6.54 Å². The van der Waals surface area contributed by atoms with Gasteiger partial charge in [-0.25, -0.2) is 0 Å². The summed E-state index contributed by atoms with van der Waals surface area (Å²) in [5.41, 5.74) is 0.610.